The lowest BCUT2D eigenvalue weighted by atomic mass is 10.1. The maximum Gasteiger partial charge on any atom is 0.251 e. The molecule has 0 radical (unpaired) electrons. The number of ether oxygens (including phenoxy) is 1. The van der Waals surface area contributed by atoms with Crippen LogP contribution in [0.4, 0.5) is 0 Å². The summed E-state index contributed by atoms with van der Waals surface area (Å²) < 4.78 is 5.48. The Morgan fingerprint density at radius 1 is 1.42 bits per heavy atom. The van der Waals surface area contributed by atoms with Gasteiger partial charge < -0.3 is 15.2 Å². The molecule has 0 atom stereocenters. The summed E-state index contributed by atoms with van der Waals surface area (Å²) in [7, 11) is 0. The van der Waals surface area contributed by atoms with E-state index in [1.54, 1.807) is 0 Å². The number of hydrogen-bond acceptors (Lipinski definition) is 3. The van der Waals surface area contributed by atoms with Gasteiger partial charge in [0.15, 0.2) is 0 Å². The summed E-state index contributed by atoms with van der Waals surface area (Å²) in [5.41, 5.74) is 0.902. The summed E-state index contributed by atoms with van der Waals surface area (Å²) in [5.74, 6) is 0.543. The summed E-state index contributed by atoms with van der Waals surface area (Å²) in [4.78, 5) is 11.5. The molecule has 0 fully saturated rings. The quantitative estimate of drug-likeness (QED) is 0.825. The van der Waals surface area contributed by atoms with Crippen molar-refractivity contribution in [2.45, 2.75) is 39.7 Å². The van der Waals surface area contributed by atoms with Crippen LogP contribution in [0.5, 0.6) is 5.75 Å². The molecule has 0 bridgehead atoms. The fourth-order valence-electron chi connectivity index (χ4n) is 1.72. The molecule has 0 heterocycles. The van der Waals surface area contributed by atoms with Crippen molar-refractivity contribution in [3.05, 3.63) is 29.3 Å². The van der Waals surface area contributed by atoms with Crippen molar-refractivity contribution in [1.82, 2.24) is 5.32 Å². The van der Waals surface area contributed by atoms with Gasteiger partial charge in [0.05, 0.1) is 6.61 Å². The van der Waals surface area contributed by atoms with Gasteiger partial charge in [0.1, 0.15) is 11.4 Å². The maximum atomic E-state index is 11.5. The Labute approximate surface area is 114 Å². The Balaban J connectivity index is 2.51. The number of hydrogen-bond donors (Lipinski definition) is 2. The van der Waals surface area contributed by atoms with Gasteiger partial charge in [-0.1, -0.05) is 12.1 Å². The Bertz CT molecular complexity index is 436. The number of aryl methyl sites for hydroxylation is 1. The third-order valence-electron chi connectivity index (χ3n) is 2.79. The van der Waals surface area contributed by atoms with Crippen LogP contribution < -0.4 is 10.1 Å². The molecule has 0 spiro atoms. The molecule has 0 aliphatic heterocycles. The predicted octanol–water partition coefficient (Wildman–Crippen LogP) is 1.82. The molecule has 0 aromatic heterocycles. The van der Waals surface area contributed by atoms with Crippen molar-refractivity contribution in [2.24, 2.45) is 0 Å². The van der Waals surface area contributed by atoms with Crippen LogP contribution in [0.3, 0.4) is 0 Å². The molecule has 0 aliphatic rings. The summed E-state index contributed by atoms with van der Waals surface area (Å²) in [6.45, 7) is 8.08. The highest BCUT2D eigenvalue weighted by Crippen LogP contribution is 2.19. The molecule has 0 aliphatic carbocycles. The molecule has 0 unspecified atom stereocenters. The molecule has 19 heavy (non-hydrogen) atoms. The van der Waals surface area contributed by atoms with Crippen LogP contribution in [0.1, 0.15) is 31.9 Å². The number of nitrogens with one attached hydrogen (secondary N) is 1. The molecule has 1 amide bonds. The van der Waals surface area contributed by atoms with Gasteiger partial charge in [-0.15, -0.1) is 0 Å². The SMILES string of the molecule is CCOc1ccc(CCNC(=O)C(C)(C)O)cc1C. The van der Waals surface area contributed by atoms with Gasteiger partial charge in [-0.05, 0) is 51.3 Å². The second-order valence-electron chi connectivity index (χ2n) is 5.10. The Kier molecular flexibility index (Phi) is 5.36. The van der Waals surface area contributed by atoms with Crippen LogP contribution in [-0.2, 0) is 11.2 Å². The minimum atomic E-state index is -1.32. The molecule has 106 valence electrons. The van der Waals surface area contributed by atoms with Crippen LogP contribution in [0.25, 0.3) is 0 Å². The zero-order valence-electron chi connectivity index (χ0n) is 12.1. The van der Waals surface area contributed by atoms with Crippen LogP contribution >= 0.6 is 0 Å². The smallest absolute Gasteiger partial charge is 0.251 e. The van der Waals surface area contributed by atoms with E-state index >= 15 is 0 Å². The normalized spacial score (nSPS) is 11.2. The number of rotatable bonds is 6. The lowest BCUT2D eigenvalue weighted by molar-refractivity contribution is -0.136. The highest BCUT2D eigenvalue weighted by atomic mass is 16.5. The number of benzene rings is 1. The molecular weight excluding hydrogens is 242 g/mol. The van der Waals surface area contributed by atoms with Gasteiger partial charge in [0.25, 0.3) is 5.91 Å². The van der Waals surface area contributed by atoms with Gasteiger partial charge in [-0.25, -0.2) is 0 Å². The van der Waals surface area contributed by atoms with Gasteiger partial charge >= 0.3 is 0 Å². The summed E-state index contributed by atoms with van der Waals surface area (Å²) in [6, 6.07) is 6.00. The summed E-state index contributed by atoms with van der Waals surface area (Å²) in [6.07, 6.45) is 0.731. The minimum absolute atomic E-state index is 0.352. The Morgan fingerprint density at radius 2 is 2.11 bits per heavy atom. The summed E-state index contributed by atoms with van der Waals surface area (Å²) >= 11 is 0. The molecular formula is C15H23NO3. The van der Waals surface area contributed by atoms with Crippen molar-refractivity contribution < 1.29 is 14.6 Å². The maximum absolute atomic E-state index is 11.5. The molecule has 1 aromatic rings. The van der Waals surface area contributed by atoms with E-state index in [1.165, 1.54) is 13.8 Å². The average Bonchev–Trinajstić information content (AvgIpc) is 2.31. The topological polar surface area (TPSA) is 58.6 Å². The third kappa shape index (κ3) is 4.91. The monoisotopic (exact) mass is 265 g/mol. The fraction of sp³-hybridized carbons (Fsp3) is 0.533. The van der Waals surface area contributed by atoms with E-state index in [1.807, 2.05) is 26.0 Å². The van der Waals surface area contributed by atoms with E-state index in [0.717, 1.165) is 23.3 Å². The van der Waals surface area contributed by atoms with E-state index in [-0.39, 0.29) is 5.91 Å². The van der Waals surface area contributed by atoms with E-state index in [2.05, 4.69) is 11.4 Å². The first-order valence-electron chi connectivity index (χ1n) is 6.57. The second-order valence-corrected chi connectivity index (χ2v) is 5.10. The standard InChI is InChI=1S/C15H23NO3/c1-5-19-13-7-6-12(10-11(13)2)8-9-16-14(17)15(3,4)18/h6-7,10,18H,5,8-9H2,1-4H3,(H,16,17). The lowest BCUT2D eigenvalue weighted by Gasteiger charge is -2.16. The highest BCUT2D eigenvalue weighted by Gasteiger charge is 2.22. The Hall–Kier alpha value is -1.55. The molecule has 1 aromatic carbocycles. The average molecular weight is 265 g/mol. The zero-order chi connectivity index (χ0) is 14.5. The lowest BCUT2D eigenvalue weighted by Crippen LogP contribution is -2.42. The number of carbonyl (C=O) groups excluding carboxylic acids is 1. The van der Waals surface area contributed by atoms with Crippen LogP contribution in [-0.4, -0.2) is 29.8 Å². The van der Waals surface area contributed by atoms with Gasteiger partial charge in [-0.3, -0.25) is 4.79 Å². The van der Waals surface area contributed by atoms with Crippen molar-refractivity contribution in [3.8, 4) is 5.75 Å². The van der Waals surface area contributed by atoms with Gasteiger partial charge in [-0.2, -0.15) is 0 Å². The summed E-state index contributed by atoms with van der Waals surface area (Å²) in [5, 5.41) is 12.2. The number of aliphatic hydroxyl groups is 1. The first-order chi connectivity index (χ1) is 8.84. The van der Waals surface area contributed by atoms with E-state index < -0.39 is 5.60 Å². The first-order valence-corrected chi connectivity index (χ1v) is 6.57. The largest absolute Gasteiger partial charge is 0.494 e. The van der Waals surface area contributed by atoms with E-state index in [4.69, 9.17) is 4.74 Å². The van der Waals surface area contributed by atoms with Gasteiger partial charge in [0, 0.05) is 6.54 Å². The third-order valence-corrected chi connectivity index (χ3v) is 2.79. The highest BCUT2D eigenvalue weighted by molar-refractivity contribution is 5.83. The van der Waals surface area contributed by atoms with Crippen molar-refractivity contribution in [1.29, 1.82) is 0 Å². The number of carbonyl (C=O) groups is 1. The molecule has 2 N–H and O–H groups in total. The first kappa shape index (κ1) is 15.5. The van der Waals surface area contributed by atoms with Crippen LogP contribution in [0.15, 0.2) is 18.2 Å². The minimum Gasteiger partial charge on any atom is -0.494 e. The zero-order valence-corrected chi connectivity index (χ0v) is 12.1. The van der Waals surface area contributed by atoms with E-state index in [9.17, 15) is 9.90 Å². The van der Waals surface area contributed by atoms with Crippen LogP contribution in [0.2, 0.25) is 0 Å². The second kappa shape index (κ2) is 6.57. The van der Waals surface area contributed by atoms with Crippen LogP contribution in [0, 0.1) is 6.92 Å². The van der Waals surface area contributed by atoms with Crippen molar-refractivity contribution in [3.63, 3.8) is 0 Å². The molecule has 4 nitrogen and oxygen atoms in total. The predicted molar refractivity (Wildman–Crippen MR) is 75.4 cm³/mol. The molecule has 1 rings (SSSR count). The van der Waals surface area contributed by atoms with Gasteiger partial charge in [0.2, 0.25) is 0 Å². The fourth-order valence-corrected chi connectivity index (χ4v) is 1.72. The molecule has 0 saturated heterocycles. The number of amides is 1. The molecule has 4 heteroatoms. The molecule has 0 saturated carbocycles. The Morgan fingerprint density at radius 3 is 2.63 bits per heavy atom. The van der Waals surface area contributed by atoms with Crippen molar-refractivity contribution >= 4 is 5.91 Å². The van der Waals surface area contributed by atoms with Crippen molar-refractivity contribution in [2.75, 3.05) is 13.2 Å². The van der Waals surface area contributed by atoms with E-state index in [0.29, 0.717) is 13.2 Å².